The van der Waals surface area contributed by atoms with Crippen molar-refractivity contribution in [3.05, 3.63) is 52.3 Å². The van der Waals surface area contributed by atoms with Gasteiger partial charge in [0.2, 0.25) is 10.0 Å². The molecule has 6 rings (SSSR count). The van der Waals surface area contributed by atoms with Crippen molar-refractivity contribution in [1.29, 1.82) is 0 Å². The molecule has 4 heterocycles. The Morgan fingerprint density at radius 2 is 1.68 bits per heavy atom. The van der Waals surface area contributed by atoms with Crippen LogP contribution in [0.4, 0.5) is 0 Å². The number of carbonyl (C=O) groups excluding carboxylic acids is 1. The summed E-state index contributed by atoms with van der Waals surface area (Å²) in [7, 11) is -3.13. The summed E-state index contributed by atoms with van der Waals surface area (Å²) in [5.41, 5.74) is 4.19. The van der Waals surface area contributed by atoms with Gasteiger partial charge in [-0.1, -0.05) is 29.8 Å². The van der Waals surface area contributed by atoms with Crippen LogP contribution in [0.5, 0.6) is 0 Å². The molecule has 4 fully saturated rings. The first-order valence-corrected chi connectivity index (χ1v) is 18.0. The van der Waals surface area contributed by atoms with Crippen LogP contribution in [0, 0.1) is 26.7 Å². The first kappa shape index (κ1) is 31.5. The van der Waals surface area contributed by atoms with Gasteiger partial charge in [-0.05, 0) is 84.6 Å². The van der Waals surface area contributed by atoms with Gasteiger partial charge in [-0.15, -0.1) is 9.94 Å². The number of aromatic nitrogens is 2. The lowest BCUT2D eigenvalue weighted by atomic mass is 9.82. The molecule has 2 aromatic rings. The monoisotopic (exact) mass is 626 g/mol. The number of carbonyl (C=O) groups is 1. The fraction of sp³-hybridized carbons (Fsp3) is 0.697. The molecule has 1 aliphatic carbocycles. The lowest BCUT2D eigenvalue weighted by molar-refractivity contribution is -0.0421. The zero-order chi connectivity index (χ0) is 31.4. The zero-order valence-corrected chi connectivity index (χ0v) is 27.9. The molecule has 11 heteroatoms. The second-order valence-electron chi connectivity index (χ2n) is 14.1. The van der Waals surface area contributed by atoms with Gasteiger partial charge in [0.1, 0.15) is 0 Å². The van der Waals surface area contributed by atoms with Crippen LogP contribution in [0.15, 0.2) is 24.3 Å². The quantitative estimate of drug-likeness (QED) is 0.464. The molecule has 1 aromatic carbocycles. The smallest absolute Gasteiger partial charge is 0.257 e. The van der Waals surface area contributed by atoms with E-state index in [1.807, 2.05) is 4.90 Å². The SMILES string of the molecule is Cc1cccc([C@@H](C2CCN(S(=O)(=O)C3CC3)CC2)N2CCN(C3(C)CCN(C(=O)c4c(C)nn(O)c4C)CC3)C[C@@H]2C)c1. The first-order chi connectivity index (χ1) is 20.9. The third kappa shape index (κ3) is 5.92. The van der Waals surface area contributed by atoms with Crippen molar-refractivity contribution in [3.8, 4) is 0 Å². The van der Waals surface area contributed by atoms with Crippen LogP contribution in [0.2, 0.25) is 0 Å². The summed E-state index contributed by atoms with van der Waals surface area (Å²) < 4.78 is 27.7. The molecule has 1 saturated carbocycles. The van der Waals surface area contributed by atoms with E-state index in [0.717, 1.165) is 63.0 Å². The van der Waals surface area contributed by atoms with Gasteiger partial charge in [0.05, 0.1) is 22.2 Å². The predicted molar refractivity (Wildman–Crippen MR) is 170 cm³/mol. The van der Waals surface area contributed by atoms with E-state index in [-0.39, 0.29) is 22.7 Å². The number of piperidine rings is 2. The van der Waals surface area contributed by atoms with Crippen molar-refractivity contribution in [3.63, 3.8) is 0 Å². The van der Waals surface area contributed by atoms with Crippen LogP contribution >= 0.6 is 0 Å². The number of hydrogen-bond acceptors (Lipinski definition) is 7. The highest BCUT2D eigenvalue weighted by Crippen LogP contribution is 2.41. The van der Waals surface area contributed by atoms with E-state index in [2.05, 4.69) is 59.9 Å². The summed E-state index contributed by atoms with van der Waals surface area (Å²) in [4.78, 5) is 21.4. The Bertz CT molecular complexity index is 1470. The molecule has 4 aliphatic rings. The van der Waals surface area contributed by atoms with Gasteiger partial charge in [-0.3, -0.25) is 14.6 Å². The number of hydrogen-bond donors (Lipinski definition) is 1. The number of piperazine rings is 1. The van der Waals surface area contributed by atoms with E-state index in [9.17, 15) is 18.4 Å². The van der Waals surface area contributed by atoms with Crippen molar-refractivity contribution in [2.45, 2.75) is 96.0 Å². The summed E-state index contributed by atoms with van der Waals surface area (Å²) >= 11 is 0. The number of nitrogens with zero attached hydrogens (tertiary/aromatic N) is 6. The van der Waals surface area contributed by atoms with Crippen molar-refractivity contribution in [1.82, 2.24) is 28.9 Å². The summed E-state index contributed by atoms with van der Waals surface area (Å²) in [6.45, 7) is 15.9. The minimum absolute atomic E-state index is 0.0176. The average molecular weight is 627 g/mol. The zero-order valence-electron chi connectivity index (χ0n) is 27.1. The van der Waals surface area contributed by atoms with Gasteiger partial charge in [-0.2, -0.15) is 0 Å². The van der Waals surface area contributed by atoms with Gasteiger partial charge < -0.3 is 10.1 Å². The molecule has 3 aliphatic heterocycles. The van der Waals surface area contributed by atoms with Gasteiger partial charge >= 0.3 is 0 Å². The number of aryl methyl sites for hydroxylation is 2. The fourth-order valence-electron chi connectivity index (χ4n) is 8.09. The fourth-order valence-corrected chi connectivity index (χ4v) is 9.96. The third-order valence-electron chi connectivity index (χ3n) is 11.0. The molecule has 1 N–H and O–H groups in total. The Morgan fingerprint density at radius 1 is 1.00 bits per heavy atom. The molecular formula is C33H50N6O4S. The minimum atomic E-state index is -3.13. The van der Waals surface area contributed by atoms with E-state index in [1.54, 1.807) is 18.2 Å². The van der Waals surface area contributed by atoms with Crippen molar-refractivity contribution >= 4 is 15.9 Å². The molecule has 3 saturated heterocycles. The van der Waals surface area contributed by atoms with E-state index < -0.39 is 10.0 Å². The molecular weight excluding hydrogens is 576 g/mol. The number of sulfonamides is 1. The summed E-state index contributed by atoms with van der Waals surface area (Å²) in [6.07, 6.45) is 5.24. The molecule has 1 aromatic heterocycles. The van der Waals surface area contributed by atoms with Gasteiger partial charge in [0.15, 0.2) is 0 Å². The molecule has 0 radical (unpaired) electrons. The summed E-state index contributed by atoms with van der Waals surface area (Å²) in [5, 5.41) is 13.8. The second kappa shape index (κ2) is 12.0. The highest BCUT2D eigenvalue weighted by Gasteiger charge is 2.45. The molecule has 0 spiro atoms. The van der Waals surface area contributed by atoms with E-state index in [1.165, 1.54) is 11.1 Å². The first-order valence-electron chi connectivity index (χ1n) is 16.5. The number of rotatable bonds is 7. The van der Waals surface area contributed by atoms with E-state index >= 15 is 0 Å². The number of amides is 1. The maximum Gasteiger partial charge on any atom is 0.257 e. The van der Waals surface area contributed by atoms with Crippen molar-refractivity contribution in [2.24, 2.45) is 5.92 Å². The predicted octanol–water partition coefficient (Wildman–Crippen LogP) is 3.99. The Balaban J connectivity index is 1.12. The third-order valence-corrected chi connectivity index (χ3v) is 13.4. The van der Waals surface area contributed by atoms with E-state index in [4.69, 9.17) is 0 Å². The van der Waals surface area contributed by atoms with Crippen LogP contribution in [0.25, 0.3) is 0 Å². The molecule has 2 atom stereocenters. The second-order valence-corrected chi connectivity index (χ2v) is 16.3. The lowest BCUT2D eigenvalue weighted by Gasteiger charge is -2.54. The molecule has 1 amide bonds. The Kier molecular flexibility index (Phi) is 8.62. The normalized spacial score (nSPS) is 25.3. The highest BCUT2D eigenvalue weighted by atomic mass is 32.2. The van der Waals surface area contributed by atoms with Crippen LogP contribution in [-0.4, -0.2) is 111 Å². The van der Waals surface area contributed by atoms with Crippen LogP contribution < -0.4 is 0 Å². The Labute approximate surface area is 263 Å². The van der Waals surface area contributed by atoms with Crippen LogP contribution in [0.3, 0.4) is 0 Å². The Morgan fingerprint density at radius 3 is 2.25 bits per heavy atom. The Hall–Kier alpha value is -2.47. The highest BCUT2D eigenvalue weighted by molar-refractivity contribution is 7.90. The molecule has 242 valence electrons. The van der Waals surface area contributed by atoms with Crippen LogP contribution in [-0.2, 0) is 10.0 Å². The number of likely N-dealkylation sites (tertiary alicyclic amines) is 1. The standard InChI is InChI=1S/C33H50N6O4S/c1-23-7-6-8-28(21-23)31(27-11-15-37(16-12-27)44(42,43)29-9-10-29)38-20-19-36(22-24(38)2)33(5)13-17-35(18-14-33)32(40)30-25(3)34-39(41)26(30)4/h6-8,21,24,27,29,31,41H,9-20,22H2,1-5H3/t24-,31+/m0/s1. The summed E-state index contributed by atoms with van der Waals surface area (Å²) in [6, 6.07) is 9.53. The topological polar surface area (TPSA) is 102 Å². The summed E-state index contributed by atoms with van der Waals surface area (Å²) in [5.74, 6) is 0.369. The minimum Gasteiger partial charge on any atom is -0.411 e. The largest absolute Gasteiger partial charge is 0.411 e. The molecule has 0 bridgehead atoms. The maximum atomic E-state index is 13.3. The molecule has 44 heavy (non-hydrogen) atoms. The maximum absolute atomic E-state index is 13.3. The van der Waals surface area contributed by atoms with Gasteiger partial charge in [0.25, 0.3) is 5.91 Å². The average Bonchev–Trinajstić information content (AvgIpc) is 3.82. The molecule has 10 nitrogen and oxygen atoms in total. The van der Waals surface area contributed by atoms with E-state index in [0.29, 0.717) is 55.1 Å². The van der Waals surface area contributed by atoms with Crippen LogP contribution in [0.1, 0.15) is 91.3 Å². The van der Waals surface area contributed by atoms with Crippen molar-refractivity contribution < 1.29 is 18.4 Å². The lowest BCUT2D eigenvalue weighted by Crippen LogP contribution is -2.63. The van der Waals surface area contributed by atoms with Gasteiger partial charge in [0, 0.05) is 63.4 Å². The number of benzene rings is 1. The van der Waals surface area contributed by atoms with Crippen molar-refractivity contribution in [2.75, 3.05) is 45.8 Å². The molecule has 0 unspecified atom stereocenters. The van der Waals surface area contributed by atoms with Gasteiger partial charge in [-0.25, -0.2) is 12.7 Å².